The fraction of sp³-hybridized carbons (Fsp3) is 0.909. The maximum Gasteiger partial charge on any atom is 0.139 e. The summed E-state index contributed by atoms with van der Waals surface area (Å²) in [5.41, 5.74) is 0. The second kappa shape index (κ2) is 9.49. The van der Waals surface area contributed by atoms with Gasteiger partial charge in [0.2, 0.25) is 0 Å². The van der Waals surface area contributed by atoms with Crippen LogP contribution in [0.4, 0.5) is 0 Å². The minimum Gasteiger partial charge on any atom is -0.394 e. The van der Waals surface area contributed by atoms with Crippen molar-refractivity contribution in [3.05, 3.63) is 0 Å². The van der Waals surface area contributed by atoms with E-state index in [1.807, 2.05) is 6.92 Å². The SMILES string of the molecule is CCCCCN[C@H](C=O)[C@@H](O)[C@H](O)[C@H](O)CO. The van der Waals surface area contributed by atoms with E-state index >= 15 is 0 Å². The lowest BCUT2D eigenvalue weighted by Gasteiger charge is -2.26. The molecule has 0 amide bonds. The normalized spacial score (nSPS) is 18.4. The van der Waals surface area contributed by atoms with E-state index in [4.69, 9.17) is 10.2 Å². The van der Waals surface area contributed by atoms with Crippen molar-refractivity contribution in [1.82, 2.24) is 5.32 Å². The van der Waals surface area contributed by atoms with Gasteiger partial charge in [0.05, 0.1) is 12.6 Å². The van der Waals surface area contributed by atoms with Crippen LogP contribution in [-0.2, 0) is 4.79 Å². The standard InChI is InChI=1S/C11H23NO5/c1-2-3-4-5-12-8(6-13)10(16)11(17)9(15)7-14/h6,8-12,14-17H,2-5,7H2,1H3/t8-,9-,10-,11-/m1/s1. The highest BCUT2D eigenvalue weighted by molar-refractivity contribution is 5.58. The number of aliphatic hydroxyl groups excluding tert-OH is 4. The van der Waals surface area contributed by atoms with Gasteiger partial charge in [0.15, 0.2) is 0 Å². The first-order valence-electron chi connectivity index (χ1n) is 5.92. The molecule has 0 unspecified atom stereocenters. The zero-order valence-corrected chi connectivity index (χ0v) is 10.1. The summed E-state index contributed by atoms with van der Waals surface area (Å²) < 4.78 is 0. The molecule has 0 aromatic heterocycles. The van der Waals surface area contributed by atoms with Crippen molar-refractivity contribution >= 4 is 6.29 Å². The Bertz CT molecular complexity index is 202. The van der Waals surface area contributed by atoms with Gasteiger partial charge < -0.3 is 30.5 Å². The molecule has 0 aliphatic carbocycles. The molecule has 0 fully saturated rings. The molecule has 0 aliphatic heterocycles. The molecule has 0 bridgehead atoms. The van der Waals surface area contributed by atoms with Gasteiger partial charge in [-0.3, -0.25) is 0 Å². The molecule has 6 heteroatoms. The molecule has 0 aliphatic rings. The van der Waals surface area contributed by atoms with Crippen LogP contribution in [0.2, 0.25) is 0 Å². The molecule has 6 nitrogen and oxygen atoms in total. The number of hydrogen-bond donors (Lipinski definition) is 5. The fourth-order valence-electron chi connectivity index (χ4n) is 1.44. The Kier molecular flexibility index (Phi) is 9.20. The van der Waals surface area contributed by atoms with Crippen LogP contribution in [0.3, 0.4) is 0 Å². The fourth-order valence-corrected chi connectivity index (χ4v) is 1.44. The van der Waals surface area contributed by atoms with Gasteiger partial charge in [-0.1, -0.05) is 19.8 Å². The van der Waals surface area contributed by atoms with Crippen molar-refractivity contribution in [2.75, 3.05) is 13.2 Å². The smallest absolute Gasteiger partial charge is 0.139 e. The molecule has 0 heterocycles. The van der Waals surface area contributed by atoms with Gasteiger partial charge in [-0.15, -0.1) is 0 Å². The Balaban J connectivity index is 4.10. The lowest BCUT2D eigenvalue weighted by molar-refractivity contribution is -0.120. The van der Waals surface area contributed by atoms with E-state index in [1.165, 1.54) is 0 Å². The molecule has 0 saturated carbocycles. The quantitative estimate of drug-likeness (QED) is 0.236. The highest BCUT2D eigenvalue weighted by Crippen LogP contribution is 2.04. The minimum atomic E-state index is -1.55. The number of hydrogen-bond acceptors (Lipinski definition) is 6. The summed E-state index contributed by atoms with van der Waals surface area (Å²) in [6.45, 7) is 1.93. The average Bonchev–Trinajstić information content (AvgIpc) is 2.36. The third-order valence-electron chi connectivity index (χ3n) is 2.61. The van der Waals surface area contributed by atoms with Crippen molar-refractivity contribution in [3.63, 3.8) is 0 Å². The lowest BCUT2D eigenvalue weighted by atomic mass is 10.0. The Morgan fingerprint density at radius 1 is 1.18 bits per heavy atom. The van der Waals surface area contributed by atoms with Crippen molar-refractivity contribution in [1.29, 1.82) is 0 Å². The highest BCUT2D eigenvalue weighted by Gasteiger charge is 2.30. The van der Waals surface area contributed by atoms with Crippen LogP contribution in [0.1, 0.15) is 26.2 Å². The van der Waals surface area contributed by atoms with Crippen LogP contribution in [0.5, 0.6) is 0 Å². The van der Waals surface area contributed by atoms with Gasteiger partial charge >= 0.3 is 0 Å². The first kappa shape index (κ1) is 16.5. The predicted molar refractivity (Wildman–Crippen MR) is 62.5 cm³/mol. The van der Waals surface area contributed by atoms with Gasteiger partial charge in [-0.05, 0) is 13.0 Å². The largest absolute Gasteiger partial charge is 0.394 e. The van der Waals surface area contributed by atoms with Crippen LogP contribution in [0.15, 0.2) is 0 Å². The number of carbonyl (C=O) groups excluding carboxylic acids is 1. The molecule has 0 radical (unpaired) electrons. The van der Waals surface area contributed by atoms with Crippen LogP contribution in [0.25, 0.3) is 0 Å². The van der Waals surface area contributed by atoms with Crippen molar-refractivity contribution < 1.29 is 25.2 Å². The molecule has 0 saturated heterocycles. The summed E-state index contributed by atoms with van der Waals surface area (Å²) in [6, 6.07) is -0.942. The van der Waals surface area contributed by atoms with Crippen LogP contribution < -0.4 is 5.32 Å². The molecule has 0 aromatic rings. The molecular weight excluding hydrogens is 226 g/mol. The Hall–Kier alpha value is -0.530. The Morgan fingerprint density at radius 2 is 1.82 bits per heavy atom. The van der Waals surface area contributed by atoms with Gasteiger partial charge in [0.1, 0.15) is 24.6 Å². The van der Waals surface area contributed by atoms with E-state index in [2.05, 4.69) is 5.32 Å². The number of carbonyl (C=O) groups is 1. The van der Waals surface area contributed by atoms with Gasteiger partial charge in [-0.2, -0.15) is 0 Å². The van der Waals surface area contributed by atoms with Crippen molar-refractivity contribution in [2.45, 2.75) is 50.5 Å². The highest BCUT2D eigenvalue weighted by atomic mass is 16.4. The molecular formula is C11H23NO5. The third kappa shape index (κ3) is 6.09. The molecule has 5 N–H and O–H groups in total. The van der Waals surface area contributed by atoms with Crippen LogP contribution >= 0.6 is 0 Å². The van der Waals surface area contributed by atoms with Crippen LogP contribution in [0, 0.1) is 0 Å². The Morgan fingerprint density at radius 3 is 2.29 bits per heavy atom. The molecule has 102 valence electrons. The number of unbranched alkanes of at least 4 members (excludes halogenated alkanes) is 2. The maximum absolute atomic E-state index is 10.7. The number of aldehydes is 1. The molecule has 0 spiro atoms. The van der Waals surface area contributed by atoms with E-state index in [1.54, 1.807) is 0 Å². The van der Waals surface area contributed by atoms with Gasteiger partial charge in [0.25, 0.3) is 0 Å². The van der Waals surface area contributed by atoms with Gasteiger partial charge in [-0.25, -0.2) is 0 Å². The topological polar surface area (TPSA) is 110 Å². The van der Waals surface area contributed by atoms with Crippen molar-refractivity contribution in [2.24, 2.45) is 0 Å². The van der Waals surface area contributed by atoms with E-state index in [-0.39, 0.29) is 0 Å². The lowest BCUT2D eigenvalue weighted by Crippen LogP contribution is -2.52. The monoisotopic (exact) mass is 249 g/mol. The second-order valence-electron chi connectivity index (χ2n) is 4.05. The first-order chi connectivity index (χ1) is 8.08. The average molecular weight is 249 g/mol. The van der Waals surface area contributed by atoms with E-state index in [0.29, 0.717) is 12.8 Å². The second-order valence-corrected chi connectivity index (χ2v) is 4.05. The molecule has 0 aromatic carbocycles. The zero-order valence-electron chi connectivity index (χ0n) is 10.1. The third-order valence-corrected chi connectivity index (χ3v) is 2.61. The summed E-state index contributed by atoms with van der Waals surface area (Å²) >= 11 is 0. The van der Waals surface area contributed by atoms with Crippen LogP contribution in [-0.4, -0.2) is 64.2 Å². The number of nitrogens with one attached hydrogen (secondary N) is 1. The maximum atomic E-state index is 10.7. The van der Waals surface area contributed by atoms with E-state index in [0.717, 1.165) is 19.3 Å². The molecule has 4 atom stereocenters. The molecule has 0 rings (SSSR count). The summed E-state index contributed by atoms with van der Waals surface area (Å²) in [4.78, 5) is 10.7. The predicted octanol–water partition coefficient (Wildman–Crippen LogP) is -1.59. The van der Waals surface area contributed by atoms with Crippen molar-refractivity contribution in [3.8, 4) is 0 Å². The Labute approximate surface area is 101 Å². The van der Waals surface area contributed by atoms with E-state index < -0.39 is 31.0 Å². The molecule has 17 heavy (non-hydrogen) atoms. The summed E-state index contributed by atoms with van der Waals surface area (Å²) in [5.74, 6) is 0. The number of aliphatic hydroxyl groups is 4. The summed E-state index contributed by atoms with van der Waals surface area (Å²) in [5, 5.41) is 39.6. The summed E-state index contributed by atoms with van der Waals surface area (Å²) in [7, 11) is 0. The van der Waals surface area contributed by atoms with Gasteiger partial charge in [0, 0.05) is 0 Å². The van der Waals surface area contributed by atoms with E-state index in [9.17, 15) is 15.0 Å². The minimum absolute atomic E-state index is 0.490. The zero-order chi connectivity index (χ0) is 13.3. The number of rotatable bonds is 10. The first-order valence-corrected chi connectivity index (χ1v) is 5.92. The summed E-state index contributed by atoms with van der Waals surface area (Å²) in [6.07, 6.45) is -1.02.